The van der Waals surface area contributed by atoms with Gasteiger partial charge in [0.2, 0.25) is 0 Å². The third-order valence-corrected chi connectivity index (χ3v) is 4.72. The molecule has 0 radical (unpaired) electrons. The van der Waals surface area contributed by atoms with Crippen LogP contribution in [0.4, 0.5) is 22.0 Å². The normalized spacial score (nSPS) is 24.9. The molecule has 1 unspecified atom stereocenters. The Morgan fingerprint density at radius 3 is 2.05 bits per heavy atom. The van der Waals surface area contributed by atoms with Gasteiger partial charge in [0.1, 0.15) is 11.6 Å². The van der Waals surface area contributed by atoms with E-state index in [9.17, 15) is 22.0 Å². The third kappa shape index (κ3) is 4.09. The molecular weight excluding hydrogens is 311 g/mol. The SMILES string of the molecule is Fc1cccc(F)c1CC(Cl)C1CCC(C(F)(F)F)CC1. The molecule has 118 valence electrons. The summed E-state index contributed by atoms with van der Waals surface area (Å²) in [6.07, 6.45) is -3.40. The first kappa shape index (κ1) is 16.5. The highest BCUT2D eigenvalue weighted by atomic mass is 35.5. The third-order valence-electron chi connectivity index (χ3n) is 4.21. The van der Waals surface area contributed by atoms with Crippen LogP contribution in [-0.4, -0.2) is 11.6 Å². The molecule has 0 saturated heterocycles. The van der Waals surface area contributed by atoms with E-state index in [0.29, 0.717) is 12.8 Å². The predicted molar refractivity (Wildman–Crippen MR) is 71.2 cm³/mol. The van der Waals surface area contributed by atoms with Gasteiger partial charge >= 0.3 is 6.18 Å². The van der Waals surface area contributed by atoms with E-state index >= 15 is 0 Å². The summed E-state index contributed by atoms with van der Waals surface area (Å²) < 4.78 is 64.9. The van der Waals surface area contributed by atoms with Crippen molar-refractivity contribution in [1.82, 2.24) is 0 Å². The maximum absolute atomic E-state index is 13.5. The van der Waals surface area contributed by atoms with Crippen molar-refractivity contribution in [3.8, 4) is 0 Å². The fourth-order valence-electron chi connectivity index (χ4n) is 2.90. The molecule has 0 amide bonds. The van der Waals surface area contributed by atoms with Crippen LogP contribution in [0.1, 0.15) is 31.2 Å². The average molecular weight is 327 g/mol. The summed E-state index contributed by atoms with van der Waals surface area (Å²) in [5.74, 6) is -2.73. The van der Waals surface area contributed by atoms with E-state index in [-0.39, 0.29) is 30.7 Å². The van der Waals surface area contributed by atoms with Crippen LogP contribution in [0.5, 0.6) is 0 Å². The summed E-state index contributed by atoms with van der Waals surface area (Å²) in [6.45, 7) is 0. The van der Waals surface area contributed by atoms with Crippen LogP contribution in [0.3, 0.4) is 0 Å². The first-order valence-electron chi connectivity index (χ1n) is 6.92. The van der Waals surface area contributed by atoms with Crippen LogP contribution >= 0.6 is 11.6 Å². The topological polar surface area (TPSA) is 0 Å². The highest BCUT2D eigenvalue weighted by molar-refractivity contribution is 6.20. The largest absolute Gasteiger partial charge is 0.391 e. The Balaban J connectivity index is 1.95. The second-order valence-corrected chi connectivity index (χ2v) is 6.13. The van der Waals surface area contributed by atoms with Crippen molar-refractivity contribution in [2.24, 2.45) is 11.8 Å². The molecule has 1 aliphatic carbocycles. The van der Waals surface area contributed by atoms with Crippen molar-refractivity contribution in [3.63, 3.8) is 0 Å². The standard InChI is InChI=1S/C15H16ClF5/c16-12(8-11-13(17)2-1-3-14(11)18)9-4-6-10(7-5-9)15(19,20)21/h1-3,9-10,12H,4-8H2. The molecular formula is C15H16ClF5. The summed E-state index contributed by atoms with van der Waals surface area (Å²) >= 11 is 6.19. The lowest BCUT2D eigenvalue weighted by Gasteiger charge is -2.32. The molecule has 1 fully saturated rings. The lowest BCUT2D eigenvalue weighted by Crippen LogP contribution is -2.31. The Hall–Kier alpha value is -0.840. The highest BCUT2D eigenvalue weighted by Gasteiger charge is 2.42. The molecule has 0 bridgehead atoms. The zero-order valence-corrected chi connectivity index (χ0v) is 12.0. The van der Waals surface area contributed by atoms with E-state index in [0.717, 1.165) is 12.1 Å². The number of halogens is 6. The molecule has 0 aliphatic heterocycles. The Kier molecular flexibility index (Phi) is 5.12. The molecule has 0 spiro atoms. The average Bonchev–Trinajstić information content (AvgIpc) is 2.42. The predicted octanol–water partition coefficient (Wildman–Crippen LogP) is 5.48. The smallest absolute Gasteiger partial charge is 0.207 e. The quantitative estimate of drug-likeness (QED) is 0.509. The second-order valence-electron chi connectivity index (χ2n) is 5.57. The number of alkyl halides is 4. The van der Waals surface area contributed by atoms with Gasteiger partial charge in [-0.25, -0.2) is 8.78 Å². The first-order chi connectivity index (χ1) is 9.79. The number of hydrogen-bond donors (Lipinski definition) is 0. The summed E-state index contributed by atoms with van der Waals surface area (Å²) in [4.78, 5) is 0. The first-order valence-corrected chi connectivity index (χ1v) is 7.36. The molecule has 21 heavy (non-hydrogen) atoms. The van der Waals surface area contributed by atoms with Crippen molar-refractivity contribution in [1.29, 1.82) is 0 Å². The summed E-state index contributed by atoms with van der Waals surface area (Å²) in [6, 6.07) is 3.58. The molecule has 0 nitrogen and oxygen atoms in total. The summed E-state index contributed by atoms with van der Waals surface area (Å²) in [7, 11) is 0. The lowest BCUT2D eigenvalue weighted by atomic mass is 9.79. The van der Waals surface area contributed by atoms with E-state index < -0.39 is 29.1 Å². The maximum atomic E-state index is 13.5. The Morgan fingerprint density at radius 1 is 1.05 bits per heavy atom. The van der Waals surface area contributed by atoms with Gasteiger partial charge in [0.05, 0.1) is 5.92 Å². The summed E-state index contributed by atoms with van der Waals surface area (Å²) in [5.41, 5.74) is -0.0876. The van der Waals surface area contributed by atoms with Crippen LogP contribution in [0.25, 0.3) is 0 Å². The fraction of sp³-hybridized carbons (Fsp3) is 0.600. The summed E-state index contributed by atoms with van der Waals surface area (Å²) in [5, 5.41) is -0.550. The van der Waals surface area contributed by atoms with Crippen molar-refractivity contribution >= 4 is 11.6 Å². The Bertz CT molecular complexity index is 457. The van der Waals surface area contributed by atoms with Crippen LogP contribution in [0.15, 0.2) is 18.2 Å². The van der Waals surface area contributed by atoms with Gasteiger partial charge in [0.25, 0.3) is 0 Å². The molecule has 0 N–H and O–H groups in total. The van der Waals surface area contributed by atoms with E-state index in [2.05, 4.69) is 0 Å². The minimum atomic E-state index is -4.16. The molecule has 6 heteroatoms. The number of hydrogen-bond acceptors (Lipinski definition) is 0. The zero-order chi connectivity index (χ0) is 15.6. The van der Waals surface area contributed by atoms with E-state index in [1.807, 2.05) is 0 Å². The van der Waals surface area contributed by atoms with Crippen molar-refractivity contribution in [2.75, 3.05) is 0 Å². The van der Waals surface area contributed by atoms with E-state index in [1.54, 1.807) is 0 Å². The van der Waals surface area contributed by atoms with Crippen LogP contribution in [-0.2, 0) is 6.42 Å². The fourth-order valence-corrected chi connectivity index (χ4v) is 3.30. The van der Waals surface area contributed by atoms with Crippen molar-refractivity contribution in [3.05, 3.63) is 35.4 Å². The van der Waals surface area contributed by atoms with Gasteiger partial charge in [0, 0.05) is 10.9 Å². The minimum absolute atomic E-state index is 0.00140. The maximum Gasteiger partial charge on any atom is 0.391 e. The van der Waals surface area contributed by atoms with Crippen molar-refractivity contribution in [2.45, 2.75) is 43.7 Å². The highest BCUT2D eigenvalue weighted by Crippen LogP contribution is 2.41. The molecule has 1 atom stereocenters. The van der Waals surface area contributed by atoms with Crippen LogP contribution in [0.2, 0.25) is 0 Å². The van der Waals surface area contributed by atoms with Gasteiger partial charge in [-0.1, -0.05) is 6.07 Å². The van der Waals surface area contributed by atoms with Crippen LogP contribution < -0.4 is 0 Å². The minimum Gasteiger partial charge on any atom is -0.207 e. The monoisotopic (exact) mass is 326 g/mol. The Labute approximate surface area is 125 Å². The van der Waals surface area contributed by atoms with Gasteiger partial charge in [0.15, 0.2) is 0 Å². The molecule has 1 aromatic rings. The van der Waals surface area contributed by atoms with E-state index in [1.165, 1.54) is 6.07 Å². The van der Waals surface area contributed by atoms with E-state index in [4.69, 9.17) is 11.6 Å². The number of rotatable bonds is 3. The molecule has 1 aromatic carbocycles. The lowest BCUT2D eigenvalue weighted by molar-refractivity contribution is -0.183. The molecule has 2 rings (SSSR count). The molecule has 1 saturated carbocycles. The molecule has 0 aromatic heterocycles. The zero-order valence-electron chi connectivity index (χ0n) is 11.3. The second kappa shape index (κ2) is 6.51. The Morgan fingerprint density at radius 2 is 1.57 bits per heavy atom. The molecule has 0 heterocycles. The van der Waals surface area contributed by atoms with Gasteiger partial charge in [-0.05, 0) is 50.2 Å². The van der Waals surface area contributed by atoms with Crippen LogP contribution in [0, 0.1) is 23.5 Å². The van der Waals surface area contributed by atoms with Gasteiger partial charge < -0.3 is 0 Å². The van der Waals surface area contributed by atoms with Gasteiger partial charge in [-0.15, -0.1) is 11.6 Å². The van der Waals surface area contributed by atoms with Crippen molar-refractivity contribution < 1.29 is 22.0 Å². The number of benzene rings is 1. The molecule has 1 aliphatic rings. The van der Waals surface area contributed by atoms with Gasteiger partial charge in [-0.3, -0.25) is 0 Å². The van der Waals surface area contributed by atoms with Gasteiger partial charge in [-0.2, -0.15) is 13.2 Å².